The van der Waals surface area contributed by atoms with Crippen molar-refractivity contribution in [1.82, 2.24) is 9.97 Å². The molecule has 1 aliphatic carbocycles. The number of aryl methyl sites for hydroxylation is 3. The van der Waals surface area contributed by atoms with E-state index in [2.05, 4.69) is 118 Å². The van der Waals surface area contributed by atoms with Crippen molar-refractivity contribution in [2.75, 3.05) is 0 Å². The summed E-state index contributed by atoms with van der Waals surface area (Å²) in [5.74, 6) is 0.602. The molecule has 51 heavy (non-hydrogen) atoms. The summed E-state index contributed by atoms with van der Waals surface area (Å²) in [5, 5.41) is 7.09. The Morgan fingerprint density at radius 3 is 2.14 bits per heavy atom. The Labute approximate surface area is 314 Å². The van der Waals surface area contributed by atoms with Crippen LogP contribution in [0, 0.1) is 38.3 Å². The van der Waals surface area contributed by atoms with Gasteiger partial charge in [0.1, 0.15) is 5.58 Å². The van der Waals surface area contributed by atoms with Crippen molar-refractivity contribution >= 4 is 43.5 Å². The summed E-state index contributed by atoms with van der Waals surface area (Å²) in [4.78, 5) is 9.25. The van der Waals surface area contributed by atoms with E-state index in [1.165, 1.54) is 69.5 Å². The van der Waals surface area contributed by atoms with Crippen molar-refractivity contribution < 1.29 is 24.5 Å². The Morgan fingerprint density at radius 1 is 0.647 bits per heavy atom. The number of fused-ring (bicyclic) bond motifs is 7. The van der Waals surface area contributed by atoms with Crippen molar-refractivity contribution in [3.8, 4) is 22.5 Å². The second-order valence-electron chi connectivity index (χ2n) is 14.8. The van der Waals surface area contributed by atoms with E-state index in [1.54, 1.807) is 0 Å². The predicted molar refractivity (Wildman–Crippen MR) is 209 cm³/mol. The largest absolute Gasteiger partial charge is 0.500 e. The SMILES string of the molecule is Cc1cnc(-c2[c-]ccc3c2oc2c3ccc3ccc4ccccc4c32)cc1C1CCC(C)(C)CC1.Cc1cnc(-c2[c-]cccc2)cc1C.[Ir]. The zero-order chi connectivity index (χ0) is 34.4. The molecule has 0 spiro atoms. The topological polar surface area (TPSA) is 38.9 Å². The number of hydrogen-bond acceptors (Lipinski definition) is 3. The molecule has 9 rings (SSSR count). The van der Waals surface area contributed by atoms with Crippen molar-refractivity contribution in [3.05, 3.63) is 144 Å². The minimum Gasteiger partial charge on any atom is -0.500 e. The monoisotopic (exact) mass is 843 g/mol. The average Bonchev–Trinajstić information content (AvgIpc) is 3.53. The van der Waals surface area contributed by atoms with E-state index in [0.717, 1.165) is 44.5 Å². The molecular formula is C47H42IrN2O-2. The third kappa shape index (κ3) is 6.76. The summed E-state index contributed by atoms with van der Waals surface area (Å²) in [6.45, 7) is 11.2. The van der Waals surface area contributed by atoms with Gasteiger partial charge in [0.2, 0.25) is 0 Å². The van der Waals surface area contributed by atoms with Crippen LogP contribution in [0.5, 0.6) is 0 Å². The van der Waals surface area contributed by atoms with Gasteiger partial charge in [-0.15, -0.1) is 54.1 Å². The second-order valence-corrected chi connectivity index (χ2v) is 14.8. The number of benzene rings is 5. The first-order valence-electron chi connectivity index (χ1n) is 17.8. The minimum absolute atomic E-state index is 0. The van der Waals surface area contributed by atoms with Crippen LogP contribution in [0.4, 0.5) is 0 Å². The number of rotatable bonds is 3. The van der Waals surface area contributed by atoms with Gasteiger partial charge >= 0.3 is 0 Å². The molecule has 0 unspecified atom stereocenters. The molecule has 5 aromatic carbocycles. The summed E-state index contributed by atoms with van der Waals surface area (Å²) < 4.78 is 6.73. The fourth-order valence-corrected chi connectivity index (χ4v) is 7.63. The molecule has 0 atom stereocenters. The van der Waals surface area contributed by atoms with E-state index in [-0.39, 0.29) is 20.1 Å². The number of hydrogen-bond donors (Lipinski definition) is 0. The van der Waals surface area contributed by atoms with Crippen molar-refractivity contribution in [3.63, 3.8) is 0 Å². The van der Waals surface area contributed by atoms with Crippen molar-refractivity contribution in [2.24, 2.45) is 5.41 Å². The molecule has 3 heterocycles. The maximum Gasteiger partial charge on any atom is 0.129 e. The van der Waals surface area contributed by atoms with Crippen LogP contribution in [0.15, 0.2) is 114 Å². The molecule has 1 fully saturated rings. The third-order valence-corrected chi connectivity index (χ3v) is 10.8. The molecule has 8 aromatic rings. The van der Waals surface area contributed by atoms with E-state index in [0.29, 0.717) is 11.3 Å². The summed E-state index contributed by atoms with van der Waals surface area (Å²) in [6.07, 6.45) is 9.00. The fraction of sp³-hybridized carbons (Fsp3) is 0.234. The van der Waals surface area contributed by atoms with E-state index in [1.807, 2.05) is 42.7 Å². The third-order valence-electron chi connectivity index (χ3n) is 10.8. The van der Waals surface area contributed by atoms with Crippen LogP contribution in [0.25, 0.3) is 66.0 Å². The van der Waals surface area contributed by atoms with Gasteiger partial charge in [0.05, 0.1) is 5.58 Å². The Bertz CT molecular complexity index is 2500. The van der Waals surface area contributed by atoms with Crippen molar-refractivity contribution in [1.29, 1.82) is 0 Å². The normalized spacial score (nSPS) is 14.4. The van der Waals surface area contributed by atoms with Crippen LogP contribution in [-0.2, 0) is 20.1 Å². The zero-order valence-electron chi connectivity index (χ0n) is 29.9. The van der Waals surface area contributed by atoms with Crippen LogP contribution >= 0.6 is 0 Å². The molecule has 0 aliphatic heterocycles. The van der Waals surface area contributed by atoms with Crippen LogP contribution in [-0.4, -0.2) is 9.97 Å². The number of aromatic nitrogens is 2. The average molecular weight is 843 g/mol. The standard InChI is InChI=1S/C34H30NO.C13H12N.Ir/c1-21-20-35-30(19-29(21)23-15-17-34(2,3)18-16-23)28-10-6-9-26-27-14-13-24-12-11-22-7-4-5-8-25(22)31(24)33(27)36-32(26)28;1-10-8-13(14-9-11(10)2)12-6-4-3-5-7-12;/h4-9,11-14,19-20,23H,15-18H2,1-3H3;3-6,8-9H,1-2H3;/q2*-1;. The maximum atomic E-state index is 6.73. The summed E-state index contributed by atoms with van der Waals surface area (Å²) in [6, 6.07) is 40.4. The van der Waals surface area contributed by atoms with Crippen LogP contribution < -0.4 is 0 Å². The van der Waals surface area contributed by atoms with Gasteiger partial charge in [-0.05, 0) is 102 Å². The van der Waals surface area contributed by atoms with E-state index < -0.39 is 0 Å². The molecule has 1 aliphatic rings. The van der Waals surface area contributed by atoms with Gasteiger partial charge in [-0.25, -0.2) is 0 Å². The molecule has 0 saturated heterocycles. The Hall–Kier alpha value is -4.63. The number of furan rings is 1. The first-order valence-corrected chi connectivity index (χ1v) is 17.8. The van der Waals surface area contributed by atoms with E-state index >= 15 is 0 Å². The number of nitrogens with zero attached hydrogens (tertiary/aromatic N) is 2. The Morgan fingerprint density at radius 2 is 1.35 bits per heavy atom. The van der Waals surface area contributed by atoms with Gasteiger partial charge in [0, 0.05) is 43.3 Å². The molecule has 0 bridgehead atoms. The molecule has 0 N–H and O–H groups in total. The Kier molecular flexibility index (Phi) is 9.68. The summed E-state index contributed by atoms with van der Waals surface area (Å²) >= 11 is 0. The van der Waals surface area contributed by atoms with Gasteiger partial charge in [-0.2, -0.15) is 0 Å². The molecular weight excluding hydrogens is 801 g/mol. The molecule has 1 saturated carbocycles. The van der Waals surface area contributed by atoms with E-state index in [4.69, 9.17) is 9.40 Å². The first kappa shape index (κ1) is 34.8. The molecule has 0 amide bonds. The zero-order valence-corrected chi connectivity index (χ0v) is 32.3. The first-order chi connectivity index (χ1) is 24.3. The van der Waals surface area contributed by atoms with Crippen molar-refractivity contribution in [2.45, 2.75) is 66.2 Å². The van der Waals surface area contributed by atoms with Gasteiger partial charge in [0.25, 0.3) is 0 Å². The quantitative estimate of drug-likeness (QED) is 0.131. The molecule has 3 nitrogen and oxygen atoms in total. The maximum absolute atomic E-state index is 6.73. The number of pyridine rings is 2. The van der Waals surface area contributed by atoms with Crippen LogP contribution in [0.3, 0.4) is 0 Å². The second kappa shape index (κ2) is 14.2. The molecule has 257 valence electrons. The van der Waals surface area contributed by atoms with Gasteiger partial charge < -0.3 is 14.4 Å². The minimum atomic E-state index is 0. The van der Waals surface area contributed by atoms with Gasteiger partial charge in [0.15, 0.2) is 0 Å². The van der Waals surface area contributed by atoms with Crippen LogP contribution in [0.1, 0.15) is 67.7 Å². The van der Waals surface area contributed by atoms with Gasteiger partial charge in [-0.3, -0.25) is 0 Å². The molecule has 4 heteroatoms. The van der Waals surface area contributed by atoms with Gasteiger partial charge in [-0.1, -0.05) is 91.0 Å². The molecule has 1 radical (unpaired) electrons. The molecule has 3 aromatic heterocycles. The predicted octanol–water partition coefficient (Wildman–Crippen LogP) is 12.9. The fourth-order valence-electron chi connectivity index (χ4n) is 7.63. The van der Waals surface area contributed by atoms with E-state index in [9.17, 15) is 0 Å². The summed E-state index contributed by atoms with van der Waals surface area (Å²) in [7, 11) is 0. The summed E-state index contributed by atoms with van der Waals surface area (Å²) in [5.41, 5.74) is 11.5. The smallest absolute Gasteiger partial charge is 0.129 e. The Balaban J connectivity index is 0.000000228. The van der Waals surface area contributed by atoms with Crippen LogP contribution in [0.2, 0.25) is 0 Å².